The van der Waals surface area contributed by atoms with Crippen molar-refractivity contribution in [2.24, 2.45) is 0 Å². The average Bonchev–Trinajstić information content (AvgIpc) is 3.33. The molecule has 0 bridgehead atoms. The minimum Gasteiger partial charge on any atom is -0.371 e. The SMILES string of the molecule is CCCC(NC(=O)CN(CC)c1ccccc1)C(=O)Nc1cccc(N2CCCC2)c1. The summed E-state index contributed by atoms with van der Waals surface area (Å²) in [4.78, 5) is 30.0. The Morgan fingerprint density at radius 1 is 1.03 bits per heavy atom. The smallest absolute Gasteiger partial charge is 0.246 e. The van der Waals surface area contributed by atoms with Crippen LogP contribution in [0.1, 0.15) is 39.5 Å². The molecule has 1 unspecified atom stereocenters. The van der Waals surface area contributed by atoms with Crippen LogP contribution in [0.15, 0.2) is 54.6 Å². The Kier molecular flexibility index (Phi) is 8.33. The van der Waals surface area contributed by atoms with E-state index in [1.165, 1.54) is 12.8 Å². The molecule has 2 amide bonds. The van der Waals surface area contributed by atoms with Crippen molar-refractivity contribution in [3.63, 3.8) is 0 Å². The maximum absolute atomic E-state index is 12.9. The van der Waals surface area contributed by atoms with Crippen LogP contribution in [0.3, 0.4) is 0 Å². The van der Waals surface area contributed by atoms with Crippen molar-refractivity contribution >= 4 is 28.9 Å². The van der Waals surface area contributed by atoms with E-state index in [0.717, 1.165) is 36.6 Å². The lowest BCUT2D eigenvalue weighted by Crippen LogP contribution is -2.47. The third-order valence-electron chi connectivity index (χ3n) is 5.65. The zero-order valence-electron chi connectivity index (χ0n) is 18.6. The van der Waals surface area contributed by atoms with Crippen LogP contribution < -0.4 is 20.4 Å². The Bertz CT molecular complexity index is 850. The molecule has 1 aliphatic heterocycles. The fourth-order valence-electron chi connectivity index (χ4n) is 3.98. The molecule has 0 aliphatic carbocycles. The van der Waals surface area contributed by atoms with Crippen molar-refractivity contribution in [1.82, 2.24) is 5.32 Å². The number of hydrogen-bond donors (Lipinski definition) is 2. The summed E-state index contributed by atoms with van der Waals surface area (Å²) in [5, 5.41) is 5.94. The maximum Gasteiger partial charge on any atom is 0.246 e. The number of carbonyl (C=O) groups excluding carboxylic acids is 2. The molecule has 0 spiro atoms. The zero-order chi connectivity index (χ0) is 22.1. The molecule has 31 heavy (non-hydrogen) atoms. The lowest BCUT2D eigenvalue weighted by molar-refractivity contribution is -0.125. The molecule has 1 atom stereocenters. The number of rotatable bonds is 10. The highest BCUT2D eigenvalue weighted by Gasteiger charge is 2.22. The highest BCUT2D eigenvalue weighted by Crippen LogP contribution is 2.23. The summed E-state index contributed by atoms with van der Waals surface area (Å²) in [6, 6.07) is 17.3. The van der Waals surface area contributed by atoms with E-state index in [9.17, 15) is 9.59 Å². The number of anilines is 3. The number of likely N-dealkylation sites (N-methyl/N-ethyl adjacent to an activating group) is 1. The van der Waals surface area contributed by atoms with Crippen LogP contribution in [-0.4, -0.2) is 44.0 Å². The van der Waals surface area contributed by atoms with Gasteiger partial charge in [-0.1, -0.05) is 37.6 Å². The van der Waals surface area contributed by atoms with Crippen LogP contribution in [0.2, 0.25) is 0 Å². The van der Waals surface area contributed by atoms with Gasteiger partial charge < -0.3 is 20.4 Å². The first-order valence-corrected chi connectivity index (χ1v) is 11.4. The van der Waals surface area contributed by atoms with E-state index >= 15 is 0 Å². The van der Waals surface area contributed by atoms with Gasteiger partial charge in [0, 0.05) is 36.7 Å². The number of benzene rings is 2. The largest absolute Gasteiger partial charge is 0.371 e. The molecule has 1 saturated heterocycles. The van der Waals surface area contributed by atoms with E-state index in [1.54, 1.807) is 0 Å². The first kappa shape index (κ1) is 22.7. The van der Waals surface area contributed by atoms with Gasteiger partial charge in [0.25, 0.3) is 0 Å². The standard InChI is InChI=1S/C25H34N4O2/c1-3-11-23(27-24(30)19-28(4-2)21-13-6-5-7-14-21)25(31)26-20-12-10-15-22(18-20)29-16-8-9-17-29/h5-7,10,12-15,18,23H,3-4,8-9,11,16-17,19H2,1-2H3,(H,26,31)(H,27,30). The summed E-state index contributed by atoms with van der Waals surface area (Å²) in [5.41, 5.74) is 2.90. The molecule has 1 aliphatic rings. The minimum absolute atomic E-state index is 0.148. The maximum atomic E-state index is 12.9. The van der Waals surface area contributed by atoms with Gasteiger partial charge >= 0.3 is 0 Å². The molecule has 2 aromatic rings. The van der Waals surface area contributed by atoms with Gasteiger partial charge in [-0.3, -0.25) is 9.59 Å². The number of amides is 2. The Morgan fingerprint density at radius 3 is 2.45 bits per heavy atom. The molecular weight excluding hydrogens is 388 g/mol. The van der Waals surface area contributed by atoms with Crippen molar-refractivity contribution < 1.29 is 9.59 Å². The number of nitrogens with zero attached hydrogens (tertiary/aromatic N) is 2. The topological polar surface area (TPSA) is 64.7 Å². The van der Waals surface area contributed by atoms with E-state index in [-0.39, 0.29) is 18.4 Å². The molecule has 3 rings (SSSR count). The summed E-state index contributed by atoms with van der Waals surface area (Å²) in [6.07, 6.45) is 3.82. The molecular formula is C25H34N4O2. The monoisotopic (exact) mass is 422 g/mol. The minimum atomic E-state index is -0.553. The van der Waals surface area contributed by atoms with Gasteiger partial charge in [0.05, 0.1) is 6.54 Å². The number of para-hydroxylation sites is 1. The highest BCUT2D eigenvalue weighted by molar-refractivity contribution is 5.98. The third-order valence-corrected chi connectivity index (χ3v) is 5.65. The van der Waals surface area contributed by atoms with Crippen LogP contribution in [0.4, 0.5) is 17.1 Å². The van der Waals surface area contributed by atoms with Crippen LogP contribution >= 0.6 is 0 Å². The summed E-state index contributed by atoms with van der Waals surface area (Å²) in [6.45, 7) is 7.08. The van der Waals surface area contributed by atoms with Gasteiger partial charge in [0.15, 0.2) is 0 Å². The van der Waals surface area contributed by atoms with Gasteiger partial charge in [-0.2, -0.15) is 0 Å². The van der Waals surface area contributed by atoms with E-state index in [4.69, 9.17) is 0 Å². The van der Waals surface area contributed by atoms with Gasteiger partial charge in [-0.25, -0.2) is 0 Å². The van der Waals surface area contributed by atoms with Crippen molar-refractivity contribution in [3.05, 3.63) is 54.6 Å². The molecule has 0 saturated carbocycles. The molecule has 0 radical (unpaired) electrons. The summed E-state index contributed by atoms with van der Waals surface area (Å²) in [7, 11) is 0. The van der Waals surface area contributed by atoms with E-state index < -0.39 is 6.04 Å². The van der Waals surface area contributed by atoms with Gasteiger partial charge in [0.2, 0.25) is 11.8 Å². The van der Waals surface area contributed by atoms with E-state index in [2.05, 4.69) is 21.6 Å². The predicted octanol–water partition coefficient (Wildman–Crippen LogP) is 4.04. The van der Waals surface area contributed by atoms with Crippen LogP contribution in [-0.2, 0) is 9.59 Å². The van der Waals surface area contributed by atoms with Gasteiger partial charge in [0.1, 0.15) is 6.04 Å². The van der Waals surface area contributed by atoms with Crippen molar-refractivity contribution in [2.75, 3.05) is 41.3 Å². The van der Waals surface area contributed by atoms with Crippen LogP contribution in [0, 0.1) is 0 Å². The average molecular weight is 423 g/mol. The second kappa shape index (κ2) is 11.4. The van der Waals surface area contributed by atoms with E-state index in [0.29, 0.717) is 13.0 Å². The molecule has 1 heterocycles. The molecule has 1 fully saturated rings. The molecule has 6 nitrogen and oxygen atoms in total. The van der Waals surface area contributed by atoms with Gasteiger partial charge in [-0.05, 0) is 56.5 Å². The quantitative estimate of drug-likeness (QED) is 0.607. The van der Waals surface area contributed by atoms with Crippen molar-refractivity contribution in [3.8, 4) is 0 Å². The molecule has 2 aromatic carbocycles. The first-order chi connectivity index (χ1) is 15.1. The van der Waals surface area contributed by atoms with Crippen LogP contribution in [0.5, 0.6) is 0 Å². The van der Waals surface area contributed by atoms with E-state index in [1.807, 2.05) is 67.3 Å². The summed E-state index contributed by atoms with van der Waals surface area (Å²) < 4.78 is 0. The zero-order valence-corrected chi connectivity index (χ0v) is 18.6. The molecule has 2 N–H and O–H groups in total. The van der Waals surface area contributed by atoms with Crippen LogP contribution in [0.25, 0.3) is 0 Å². The molecule has 0 aromatic heterocycles. The molecule has 6 heteroatoms. The predicted molar refractivity (Wildman–Crippen MR) is 128 cm³/mol. The van der Waals surface area contributed by atoms with Crippen molar-refractivity contribution in [1.29, 1.82) is 0 Å². The highest BCUT2D eigenvalue weighted by atomic mass is 16.2. The fourth-order valence-corrected chi connectivity index (χ4v) is 3.98. The lowest BCUT2D eigenvalue weighted by atomic mass is 10.1. The third kappa shape index (κ3) is 6.48. The van der Waals surface area contributed by atoms with Crippen molar-refractivity contribution in [2.45, 2.75) is 45.6 Å². The second-order valence-corrected chi connectivity index (χ2v) is 7.99. The Hall–Kier alpha value is -3.02. The van der Waals surface area contributed by atoms with Gasteiger partial charge in [-0.15, -0.1) is 0 Å². The second-order valence-electron chi connectivity index (χ2n) is 7.99. The first-order valence-electron chi connectivity index (χ1n) is 11.4. The Labute approximate surface area is 185 Å². The summed E-state index contributed by atoms with van der Waals surface area (Å²) >= 11 is 0. The number of carbonyl (C=O) groups is 2. The lowest BCUT2D eigenvalue weighted by Gasteiger charge is -2.24. The summed E-state index contributed by atoms with van der Waals surface area (Å²) in [5.74, 6) is -0.318. The molecule has 166 valence electrons. The normalized spacial score (nSPS) is 14.2. The number of hydrogen-bond acceptors (Lipinski definition) is 4. The Balaban J connectivity index is 1.61. The number of nitrogens with one attached hydrogen (secondary N) is 2. The Morgan fingerprint density at radius 2 is 1.77 bits per heavy atom. The fraction of sp³-hybridized carbons (Fsp3) is 0.440.